The maximum Gasteiger partial charge on any atom is 0.417 e. The Hall–Kier alpha value is -2.44. The summed E-state index contributed by atoms with van der Waals surface area (Å²) in [5.41, 5.74) is 6.27. The first-order chi connectivity index (χ1) is 8.95. The van der Waals surface area contributed by atoms with Crippen molar-refractivity contribution in [3.05, 3.63) is 35.9 Å². The van der Waals surface area contributed by atoms with Crippen molar-refractivity contribution < 1.29 is 13.2 Å². The summed E-state index contributed by atoms with van der Waals surface area (Å²) in [4.78, 5) is 2.91. The maximum atomic E-state index is 12.9. The van der Waals surface area contributed by atoms with Gasteiger partial charge in [0.1, 0.15) is 5.82 Å². The number of nitrogen functional groups attached to an aromatic ring is 1. The molecule has 0 aliphatic rings. The molecule has 98 valence electrons. The molecule has 0 atom stereocenters. The van der Waals surface area contributed by atoms with Crippen LogP contribution in [0.25, 0.3) is 22.3 Å². The highest BCUT2D eigenvalue weighted by Gasteiger charge is 2.32. The van der Waals surface area contributed by atoms with E-state index in [1.54, 1.807) is 12.1 Å². The van der Waals surface area contributed by atoms with Crippen LogP contribution in [0.3, 0.4) is 0 Å². The molecule has 0 aliphatic heterocycles. The number of nitrogens with zero attached hydrogens (tertiary/aromatic N) is 1. The van der Waals surface area contributed by atoms with Crippen LogP contribution in [0.2, 0.25) is 0 Å². The van der Waals surface area contributed by atoms with Crippen molar-refractivity contribution in [1.29, 1.82) is 0 Å². The number of H-pyrrole nitrogens is 2. The summed E-state index contributed by atoms with van der Waals surface area (Å²) in [6, 6.07) is 7.00. The van der Waals surface area contributed by atoms with Gasteiger partial charge in [0.25, 0.3) is 0 Å². The number of anilines is 1. The van der Waals surface area contributed by atoms with Crippen LogP contribution in [0.4, 0.5) is 19.0 Å². The highest BCUT2D eigenvalue weighted by atomic mass is 19.4. The minimum absolute atomic E-state index is 0.123. The average Bonchev–Trinajstić information content (AvgIpc) is 2.92. The fourth-order valence-electron chi connectivity index (χ4n) is 2.02. The first-order valence-corrected chi connectivity index (χ1v) is 5.45. The van der Waals surface area contributed by atoms with E-state index in [0.717, 1.165) is 6.07 Å². The van der Waals surface area contributed by atoms with Crippen LogP contribution in [-0.2, 0) is 6.18 Å². The van der Waals surface area contributed by atoms with Gasteiger partial charge in [-0.25, -0.2) is 0 Å². The molecular formula is C12H9F3N4. The molecule has 0 aliphatic carbocycles. The van der Waals surface area contributed by atoms with Crippen LogP contribution in [0.1, 0.15) is 5.56 Å². The van der Waals surface area contributed by atoms with Crippen LogP contribution < -0.4 is 5.73 Å². The van der Waals surface area contributed by atoms with E-state index in [-0.39, 0.29) is 11.2 Å². The highest BCUT2D eigenvalue weighted by molar-refractivity contribution is 5.88. The molecule has 19 heavy (non-hydrogen) atoms. The summed E-state index contributed by atoms with van der Waals surface area (Å²) in [7, 11) is 0. The largest absolute Gasteiger partial charge is 0.417 e. The van der Waals surface area contributed by atoms with Gasteiger partial charge in [0.15, 0.2) is 0 Å². The zero-order valence-electron chi connectivity index (χ0n) is 9.55. The summed E-state index contributed by atoms with van der Waals surface area (Å²) in [6.45, 7) is 0. The molecule has 0 fully saturated rings. The fraction of sp³-hybridized carbons (Fsp3) is 0.0833. The molecular weight excluding hydrogens is 257 g/mol. The van der Waals surface area contributed by atoms with Crippen LogP contribution in [-0.4, -0.2) is 15.2 Å². The first-order valence-electron chi connectivity index (χ1n) is 5.45. The monoisotopic (exact) mass is 266 g/mol. The van der Waals surface area contributed by atoms with E-state index < -0.39 is 11.7 Å². The van der Waals surface area contributed by atoms with Gasteiger partial charge < -0.3 is 10.7 Å². The lowest BCUT2D eigenvalue weighted by molar-refractivity contribution is -0.136. The molecule has 4 nitrogen and oxygen atoms in total. The van der Waals surface area contributed by atoms with Gasteiger partial charge in [-0.15, -0.1) is 0 Å². The average molecular weight is 266 g/mol. The maximum absolute atomic E-state index is 12.9. The standard InChI is InChI=1S/C12H9F3N4/c13-12(14,15)7-2-1-3-8-6(7)4-9(17-8)10-5-11(16)19-18-10/h1-5,17H,(H3,16,18,19). The number of nitrogens with one attached hydrogen (secondary N) is 2. The van der Waals surface area contributed by atoms with Crippen molar-refractivity contribution in [2.24, 2.45) is 0 Å². The molecule has 3 rings (SSSR count). The Kier molecular flexibility index (Phi) is 2.31. The van der Waals surface area contributed by atoms with E-state index in [9.17, 15) is 13.2 Å². The van der Waals surface area contributed by atoms with E-state index in [4.69, 9.17) is 5.73 Å². The van der Waals surface area contributed by atoms with Crippen LogP contribution in [0.15, 0.2) is 30.3 Å². The van der Waals surface area contributed by atoms with Crippen molar-refractivity contribution in [2.45, 2.75) is 6.18 Å². The fourth-order valence-corrected chi connectivity index (χ4v) is 2.02. The van der Waals surface area contributed by atoms with Crippen LogP contribution >= 0.6 is 0 Å². The minimum atomic E-state index is -4.38. The summed E-state index contributed by atoms with van der Waals surface area (Å²) in [6.07, 6.45) is -4.38. The zero-order valence-corrected chi connectivity index (χ0v) is 9.55. The molecule has 0 spiro atoms. The number of hydrogen-bond donors (Lipinski definition) is 3. The SMILES string of the molecule is Nc1cc(-c2cc3c(C(F)(F)F)cccc3[nH]2)[nH]n1. The molecule has 4 N–H and O–H groups in total. The molecule has 0 radical (unpaired) electrons. The number of hydrogen-bond acceptors (Lipinski definition) is 2. The highest BCUT2D eigenvalue weighted by Crippen LogP contribution is 2.36. The molecule has 0 saturated carbocycles. The van der Waals surface area contributed by atoms with Crippen molar-refractivity contribution >= 4 is 16.7 Å². The Morgan fingerprint density at radius 3 is 2.53 bits per heavy atom. The van der Waals surface area contributed by atoms with E-state index >= 15 is 0 Å². The second-order valence-corrected chi connectivity index (χ2v) is 4.15. The number of rotatable bonds is 1. The van der Waals surface area contributed by atoms with Crippen LogP contribution in [0.5, 0.6) is 0 Å². The van der Waals surface area contributed by atoms with Gasteiger partial charge in [0, 0.05) is 17.0 Å². The van der Waals surface area contributed by atoms with Gasteiger partial charge in [-0.1, -0.05) is 6.07 Å². The second kappa shape index (κ2) is 3.78. The summed E-state index contributed by atoms with van der Waals surface area (Å²) in [5.74, 6) is 0.282. The number of aromatic amines is 2. The van der Waals surface area contributed by atoms with E-state index in [1.807, 2.05) is 0 Å². The lowest BCUT2D eigenvalue weighted by atomic mass is 10.1. The predicted octanol–water partition coefficient (Wildman–Crippen LogP) is 3.16. The Morgan fingerprint density at radius 2 is 1.89 bits per heavy atom. The third-order valence-corrected chi connectivity index (χ3v) is 2.86. The molecule has 0 bridgehead atoms. The lowest BCUT2D eigenvalue weighted by Crippen LogP contribution is -2.04. The lowest BCUT2D eigenvalue weighted by Gasteiger charge is -2.06. The molecule has 0 amide bonds. The van der Waals surface area contributed by atoms with Crippen LogP contribution in [0, 0.1) is 0 Å². The van der Waals surface area contributed by atoms with Crippen molar-refractivity contribution in [3.8, 4) is 11.4 Å². The number of fused-ring (bicyclic) bond motifs is 1. The third kappa shape index (κ3) is 1.92. The van der Waals surface area contributed by atoms with Gasteiger partial charge in [-0.2, -0.15) is 18.3 Å². The van der Waals surface area contributed by atoms with E-state index in [1.165, 1.54) is 12.1 Å². The molecule has 0 unspecified atom stereocenters. The number of halogens is 3. The Balaban J connectivity index is 2.21. The number of alkyl halides is 3. The second-order valence-electron chi connectivity index (χ2n) is 4.15. The van der Waals surface area contributed by atoms with Gasteiger partial charge >= 0.3 is 6.18 Å². The van der Waals surface area contributed by atoms with Gasteiger partial charge in [-0.05, 0) is 18.2 Å². The Morgan fingerprint density at radius 1 is 1.11 bits per heavy atom. The molecule has 3 aromatic rings. The smallest absolute Gasteiger partial charge is 0.382 e. The van der Waals surface area contributed by atoms with E-state index in [2.05, 4.69) is 15.2 Å². The molecule has 2 aromatic heterocycles. The molecule has 7 heteroatoms. The summed E-state index contributed by atoms with van der Waals surface area (Å²) < 4.78 is 38.6. The van der Waals surface area contributed by atoms with E-state index in [0.29, 0.717) is 16.9 Å². The minimum Gasteiger partial charge on any atom is -0.382 e. The van der Waals surface area contributed by atoms with Gasteiger partial charge in [-0.3, -0.25) is 5.10 Å². The molecule has 0 saturated heterocycles. The summed E-state index contributed by atoms with van der Waals surface area (Å²) >= 11 is 0. The first kappa shape index (κ1) is 11.6. The normalized spacial score (nSPS) is 12.2. The van der Waals surface area contributed by atoms with Crippen molar-refractivity contribution in [2.75, 3.05) is 5.73 Å². The topological polar surface area (TPSA) is 70.5 Å². The number of nitrogens with two attached hydrogens (primary N) is 1. The Bertz CT molecular complexity index is 739. The number of aromatic nitrogens is 3. The zero-order chi connectivity index (χ0) is 13.6. The Labute approximate surface area is 105 Å². The quantitative estimate of drug-likeness (QED) is 0.633. The van der Waals surface area contributed by atoms with Gasteiger partial charge in [0.2, 0.25) is 0 Å². The predicted molar refractivity (Wildman–Crippen MR) is 65.3 cm³/mol. The van der Waals surface area contributed by atoms with Crippen molar-refractivity contribution in [1.82, 2.24) is 15.2 Å². The third-order valence-electron chi connectivity index (χ3n) is 2.86. The van der Waals surface area contributed by atoms with Gasteiger partial charge in [0.05, 0.1) is 17.0 Å². The molecule has 2 heterocycles. The summed E-state index contributed by atoms with van der Waals surface area (Å²) in [5, 5.41) is 6.52. The van der Waals surface area contributed by atoms with Crippen molar-refractivity contribution in [3.63, 3.8) is 0 Å². The molecule has 1 aromatic carbocycles. The number of benzene rings is 1.